The summed E-state index contributed by atoms with van der Waals surface area (Å²) >= 11 is 0. The molecule has 1 aromatic heterocycles. The number of hydrogen-bond donors (Lipinski definition) is 3. The second-order valence-electron chi connectivity index (χ2n) is 7.86. The van der Waals surface area contributed by atoms with Gasteiger partial charge in [0, 0.05) is 50.0 Å². The van der Waals surface area contributed by atoms with Gasteiger partial charge in [-0.25, -0.2) is 8.78 Å². The number of amides is 2. The second kappa shape index (κ2) is 8.51. The Balaban J connectivity index is 0.00000289. The van der Waals surface area contributed by atoms with Crippen LogP contribution >= 0.6 is 12.4 Å². The number of carbonyl (C=O) groups excluding carboxylic acids is 2. The molecule has 4 rings (SSSR count). The largest absolute Gasteiger partial charge is 0.503 e. The van der Waals surface area contributed by atoms with Gasteiger partial charge >= 0.3 is 0 Å². The molecule has 2 aliphatic rings. The normalized spacial score (nSPS) is 21.2. The van der Waals surface area contributed by atoms with Crippen molar-refractivity contribution in [3.05, 3.63) is 63.1 Å². The topological polar surface area (TPSA) is 112 Å². The summed E-state index contributed by atoms with van der Waals surface area (Å²) in [5, 5.41) is 22.5. The first kappa shape index (κ1) is 23.7. The van der Waals surface area contributed by atoms with Gasteiger partial charge < -0.3 is 25.0 Å². The second-order valence-corrected chi connectivity index (χ2v) is 7.86. The van der Waals surface area contributed by atoms with Crippen molar-refractivity contribution in [2.75, 3.05) is 19.7 Å². The van der Waals surface area contributed by atoms with E-state index in [9.17, 15) is 33.4 Å². The molecule has 0 saturated heterocycles. The van der Waals surface area contributed by atoms with Crippen molar-refractivity contribution in [2.24, 2.45) is 5.92 Å². The van der Waals surface area contributed by atoms with Gasteiger partial charge in [-0.1, -0.05) is 6.07 Å². The van der Waals surface area contributed by atoms with Crippen LogP contribution in [0.25, 0.3) is 0 Å². The molecule has 2 atom stereocenters. The summed E-state index contributed by atoms with van der Waals surface area (Å²) in [5.41, 5.74) is -2.34. The quantitative estimate of drug-likeness (QED) is 0.612. The third kappa shape index (κ3) is 3.63. The number of fused-ring (bicyclic) bond motifs is 2. The third-order valence-corrected chi connectivity index (χ3v) is 6.12. The lowest BCUT2D eigenvalue weighted by atomic mass is 10.0. The van der Waals surface area contributed by atoms with Crippen molar-refractivity contribution in [1.29, 1.82) is 0 Å². The van der Waals surface area contributed by atoms with Crippen LogP contribution in [0.3, 0.4) is 0 Å². The van der Waals surface area contributed by atoms with E-state index in [4.69, 9.17) is 0 Å². The number of carbonyl (C=O) groups is 2. The number of pyridine rings is 1. The fourth-order valence-electron chi connectivity index (χ4n) is 4.23. The van der Waals surface area contributed by atoms with Crippen molar-refractivity contribution in [2.45, 2.75) is 25.4 Å². The highest BCUT2D eigenvalue weighted by atomic mass is 35.5. The van der Waals surface area contributed by atoms with E-state index in [1.807, 2.05) is 0 Å². The van der Waals surface area contributed by atoms with E-state index in [0.717, 1.165) is 6.07 Å². The lowest BCUT2D eigenvalue weighted by molar-refractivity contribution is 0.0630. The van der Waals surface area contributed by atoms with Gasteiger partial charge in [-0.2, -0.15) is 0 Å². The molecular weight excluding hydrogens is 448 g/mol. The summed E-state index contributed by atoms with van der Waals surface area (Å²) < 4.78 is 28.3. The molecule has 0 unspecified atom stereocenters. The van der Waals surface area contributed by atoms with Gasteiger partial charge in [-0.05, 0) is 19.4 Å². The Kier molecular flexibility index (Phi) is 6.30. The van der Waals surface area contributed by atoms with Gasteiger partial charge in [-0.3, -0.25) is 14.4 Å². The zero-order valence-electron chi connectivity index (χ0n) is 17.1. The first-order chi connectivity index (χ1) is 14.7. The van der Waals surface area contributed by atoms with Crippen molar-refractivity contribution >= 4 is 24.2 Å². The van der Waals surface area contributed by atoms with E-state index in [1.165, 1.54) is 21.7 Å². The van der Waals surface area contributed by atoms with E-state index in [1.54, 1.807) is 6.92 Å². The van der Waals surface area contributed by atoms with Crippen LogP contribution in [0.15, 0.2) is 29.2 Å². The highest BCUT2D eigenvalue weighted by molar-refractivity contribution is 5.99. The Bertz CT molecular complexity index is 1150. The molecule has 1 aliphatic carbocycles. The molecule has 3 N–H and O–H groups in total. The van der Waals surface area contributed by atoms with Crippen LogP contribution in [-0.4, -0.2) is 51.2 Å². The summed E-state index contributed by atoms with van der Waals surface area (Å²) in [6.07, 6.45) is 1.73. The van der Waals surface area contributed by atoms with E-state index in [0.29, 0.717) is 19.0 Å². The number of aromatic hydroxyl groups is 1. The van der Waals surface area contributed by atoms with Crippen molar-refractivity contribution < 1.29 is 28.6 Å². The van der Waals surface area contributed by atoms with E-state index >= 15 is 0 Å². The van der Waals surface area contributed by atoms with E-state index in [-0.39, 0.29) is 49.3 Å². The van der Waals surface area contributed by atoms with Crippen LogP contribution in [-0.2, 0) is 12.1 Å². The van der Waals surface area contributed by atoms with Crippen molar-refractivity contribution in [3.63, 3.8) is 0 Å². The number of rotatable bonds is 5. The zero-order chi connectivity index (χ0) is 22.5. The Morgan fingerprint density at radius 1 is 1.31 bits per heavy atom. The Labute approximate surface area is 187 Å². The Hall–Kier alpha value is -2.98. The Morgan fingerprint density at radius 3 is 2.62 bits per heavy atom. The van der Waals surface area contributed by atoms with Gasteiger partial charge in [0.25, 0.3) is 11.8 Å². The minimum atomic E-state index is -1.02. The number of likely N-dealkylation sites (N-methyl/N-ethyl adjacent to an activating group) is 1. The Morgan fingerprint density at radius 2 is 2.03 bits per heavy atom. The molecule has 2 amide bonds. The minimum absolute atomic E-state index is 0. The van der Waals surface area contributed by atoms with Crippen LogP contribution < -0.4 is 10.7 Å². The molecule has 0 bridgehead atoms. The smallest absolute Gasteiger partial charge is 0.274 e. The molecule has 1 saturated carbocycles. The molecular formula is C21H22ClF2N3O5. The molecule has 2 heterocycles. The molecule has 1 aromatic carbocycles. The third-order valence-electron chi connectivity index (χ3n) is 6.12. The molecule has 11 heteroatoms. The first-order valence-electron chi connectivity index (χ1n) is 9.84. The van der Waals surface area contributed by atoms with E-state index in [2.05, 4.69) is 5.32 Å². The van der Waals surface area contributed by atoms with Crippen molar-refractivity contribution in [3.8, 4) is 5.75 Å². The van der Waals surface area contributed by atoms with Gasteiger partial charge in [0.2, 0.25) is 5.43 Å². The number of halogens is 3. The van der Waals surface area contributed by atoms with Gasteiger partial charge in [-0.15, -0.1) is 12.4 Å². The lowest BCUT2D eigenvalue weighted by Crippen LogP contribution is -2.49. The van der Waals surface area contributed by atoms with Crippen LogP contribution in [0.1, 0.15) is 39.8 Å². The number of aliphatic hydroxyl groups is 1. The average molecular weight is 470 g/mol. The van der Waals surface area contributed by atoms with Crippen LogP contribution in [0.2, 0.25) is 0 Å². The SMILES string of the molecule is CCN1C[C@]2(C[C@H]2CO)n2cc(C(=O)NCc3ccc(F)cc3F)c(=O)c(O)c2C1=O.Cl. The molecule has 1 aliphatic heterocycles. The fraction of sp³-hybridized carbons (Fsp3) is 0.381. The zero-order valence-corrected chi connectivity index (χ0v) is 17.9. The minimum Gasteiger partial charge on any atom is -0.503 e. The summed E-state index contributed by atoms with van der Waals surface area (Å²) in [6.45, 7) is 1.95. The number of benzene rings is 1. The summed E-state index contributed by atoms with van der Waals surface area (Å²) in [6, 6.07) is 2.89. The van der Waals surface area contributed by atoms with Gasteiger partial charge in [0.05, 0.1) is 5.54 Å². The highest BCUT2D eigenvalue weighted by Crippen LogP contribution is 2.53. The molecule has 1 spiro atoms. The van der Waals surface area contributed by atoms with Crippen molar-refractivity contribution in [1.82, 2.24) is 14.8 Å². The lowest BCUT2D eigenvalue weighted by Gasteiger charge is -2.37. The molecule has 1 fully saturated rings. The van der Waals surface area contributed by atoms with E-state index < -0.39 is 45.7 Å². The summed E-state index contributed by atoms with van der Waals surface area (Å²) in [5.74, 6) is -4.05. The molecule has 172 valence electrons. The predicted molar refractivity (Wildman–Crippen MR) is 112 cm³/mol. The maximum absolute atomic E-state index is 13.8. The monoisotopic (exact) mass is 469 g/mol. The number of nitrogens with one attached hydrogen (secondary N) is 1. The van der Waals surface area contributed by atoms with Crippen LogP contribution in [0, 0.1) is 17.6 Å². The maximum Gasteiger partial charge on any atom is 0.274 e. The van der Waals surface area contributed by atoms with Gasteiger partial charge in [0.15, 0.2) is 11.4 Å². The first-order valence-corrected chi connectivity index (χ1v) is 9.84. The molecule has 2 aromatic rings. The van der Waals surface area contributed by atoms with Gasteiger partial charge in [0.1, 0.15) is 17.2 Å². The summed E-state index contributed by atoms with van der Waals surface area (Å²) in [7, 11) is 0. The standard InChI is InChI=1S/C21H21F2N3O5.ClH/c1-2-25-10-21(6-12(21)9-27)26-8-14(17(28)18(29)16(26)20(25)31)19(30)24-7-11-3-4-13(22)5-15(11)23;/h3-5,8,12,27,29H,2,6-7,9-10H2,1H3,(H,24,30);1H/t12-,21-;/m0./s1. The number of nitrogens with zero attached hydrogens (tertiary/aromatic N) is 2. The predicted octanol–water partition coefficient (Wildman–Crippen LogP) is 1.37. The number of aromatic nitrogens is 1. The number of hydrogen-bond acceptors (Lipinski definition) is 5. The molecule has 0 radical (unpaired) electrons. The molecule has 8 nitrogen and oxygen atoms in total. The maximum atomic E-state index is 13.8. The molecule has 32 heavy (non-hydrogen) atoms. The summed E-state index contributed by atoms with van der Waals surface area (Å²) in [4.78, 5) is 39.6. The number of aliphatic hydroxyl groups excluding tert-OH is 1. The van der Waals surface area contributed by atoms with Crippen LogP contribution in [0.4, 0.5) is 8.78 Å². The fourth-order valence-corrected chi connectivity index (χ4v) is 4.23. The highest BCUT2D eigenvalue weighted by Gasteiger charge is 2.60. The average Bonchev–Trinajstić information content (AvgIpc) is 3.45. The van der Waals surface area contributed by atoms with Crippen LogP contribution in [0.5, 0.6) is 5.75 Å².